The molecular formula is C15H21N5O. The molecule has 0 aromatic carbocycles. The van der Waals surface area contributed by atoms with Gasteiger partial charge in [-0.2, -0.15) is 0 Å². The number of carbonyl (C=O) groups excluding carboxylic acids is 1. The van der Waals surface area contributed by atoms with Crippen LogP contribution < -0.4 is 11.1 Å². The van der Waals surface area contributed by atoms with Gasteiger partial charge >= 0.3 is 0 Å². The second kappa shape index (κ2) is 5.95. The zero-order chi connectivity index (χ0) is 15.5. The highest BCUT2D eigenvalue weighted by atomic mass is 16.1. The number of nitrogens with one attached hydrogen (secondary N) is 2. The number of hydrogen-bond donors (Lipinski definition) is 3. The zero-order valence-corrected chi connectivity index (χ0v) is 12.6. The van der Waals surface area contributed by atoms with Gasteiger partial charge in [-0.3, -0.25) is 4.79 Å². The lowest BCUT2D eigenvalue weighted by molar-refractivity contribution is 0.0954. The summed E-state index contributed by atoms with van der Waals surface area (Å²) in [6, 6.07) is 3.38. The number of imidazole rings is 1. The maximum Gasteiger partial charge on any atom is 0.251 e. The summed E-state index contributed by atoms with van der Waals surface area (Å²) in [6.45, 7) is 6.62. The summed E-state index contributed by atoms with van der Waals surface area (Å²) in [5.74, 6) is 1.06. The van der Waals surface area contributed by atoms with Crippen LogP contribution >= 0.6 is 0 Å². The van der Waals surface area contributed by atoms with E-state index in [2.05, 4.69) is 20.3 Å². The van der Waals surface area contributed by atoms with Crippen LogP contribution in [0.25, 0.3) is 0 Å². The summed E-state index contributed by atoms with van der Waals surface area (Å²) in [5.41, 5.74) is 6.98. The highest BCUT2D eigenvalue weighted by Gasteiger charge is 2.18. The number of aromatic nitrogens is 3. The Morgan fingerprint density at radius 3 is 2.76 bits per heavy atom. The molecule has 112 valence electrons. The molecule has 0 aliphatic rings. The first-order chi connectivity index (χ1) is 9.86. The van der Waals surface area contributed by atoms with Crippen LogP contribution in [0.15, 0.2) is 24.5 Å². The van der Waals surface area contributed by atoms with Crippen LogP contribution in [-0.2, 0) is 11.8 Å². The van der Waals surface area contributed by atoms with Crippen molar-refractivity contribution in [3.8, 4) is 0 Å². The number of nitrogen functional groups attached to an aromatic ring is 1. The largest absolute Gasteiger partial charge is 0.384 e. The lowest BCUT2D eigenvalue weighted by atomic mass is 9.90. The van der Waals surface area contributed by atoms with Crippen molar-refractivity contribution in [3.63, 3.8) is 0 Å². The van der Waals surface area contributed by atoms with Crippen molar-refractivity contribution in [2.24, 2.45) is 0 Å². The number of amides is 1. The van der Waals surface area contributed by atoms with E-state index in [1.165, 1.54) is 0 Å². The third-order valence-electron chi connectivity index (χ3n) is 3.08. The topological polar surface area (TPSA) is 96.7 Å². The van der Waals surface area contributed by atoms with E-state index in [0.29, 0.717) is 24.3 Å². The minimum atomic E-state index is -0.154. The van der Waals surface area contributed by atoms with Gasteiger partial charge < -0.3 is 16.0 Å². The molecule has 2 aromatic rings. The molecule has 0 saturated carbocycles. The number of nitrogens with two attached hydrogens (primary N) is 1. The Morgan fingerprint density at radius 2 is 2.14 bits per heavy atom. The van der Waals surface area contributed by atoms with Gasteiger partial charge in [-0.25, -0.2) is 9.97 Å². The number of H-pyrrole nitrogens is 1. The minimum absolute atomic E-state index is 0.152. The van der Waals surface area contributed by atoms with E-state index in [9.17, 15) is 4.79 Å². The monoisotopic (exact) mass is 287 g/mol. The Morgan fingerprint density at radius 1 is 1.38 bits per heavy atom. The molecule has 6 heteroatoms. The Hall–Kier alpha value is -2.37. The average molecular weight is 287 g/mol. The summed E-state index contributed by atoms with van der Waals surface area (Å²) in [7, 11) is 0. The Bertz CT molecular complexity index is 613. The van der Waals surface area contributed by atoms with Crippen LogP contribution in [0.3, 0.4) is 0 Å². The lowest BCUT2D eigenvalue weighted by Gasteiger charge is -2.19. The summed E-state index contributed by atoms with van der Waals surface area (Å²) >= 11 is 0. The molecule has 6 nitrogen and oxygen atoms in total. The fourth-order valence-electron chi connectivity index (χ4n) is 1.90. The normalized spacial score (nSPS) is 11.4. The smallest absolute Gasteiger partial charge is 0.251 e. The quantitative estimate of drug-likeness (QED) is 0.796. The van der Waals surface area contributed by atoms with Gasteiger partial charge in [0.25, 0.3) is 5.91 Å². The van der Waals surface area contributed by atoms with E-state index < -0.39 is 0 Å². The molecular weight excluding hydrogens is 266 g/mol. The Kier molecular flexibility index (Phi) is 4.26. The average Bonchev–Trinajstić information content (AvgIpc) is 2.90. The third kappa shape index (κ3) is 4.05. The van der Waals surface area contributed by atoms with Gasteiger partial charge in [-0.1, -0.05) is 20.8 Å². The number of nitrogens with zero attached hydrogens (tertiary/aromatic N) is 2. The van der Waals surface area contributed by atoms with Crippen molar-refractivity contribution in [3.05, 3.63) is 41.6 Å². The van der Waals surface area contributed by atoms with Crippen LogP contribution in [0.5, 0.6) is 0 Å². The number of carbonyl (C=O) groups is 1. The third-order valence-corrected chi connectivity index (χ3v) is 3.08. The molecule has 0 bridgehead atoms. The van der Waals surface area contributed by atoms with Crippen molar-refractivity contribution in [1.29, 1.82) is 0 Å². The van der Waals surface area contributed by atoms with Gasteiger partial charge in [-0.05, 0) is 12.1 Å². The first kappa shape index (κ1) is 15.0. The van der Waals surface area contributed by atoms with E-state index in [4.69, 9.17) is 5.73 Å². The molecule has 0 aliphatic carbocycles. The Labute approximate surface area is 124 Å². The van der Waals surface area contributed by atoms with Crippen LogP contribution in [0, 0.1) is 0 Å². The molecule has 2 heterocycles. The highest BCUT2D eigenvalue weighted by Crippen LogP contribution is 2.22. The molecule has 1 amide bonds. The van der Waals surface area contributed by atoms with Crippen LogP contribution in [0.4, 0.5) is 5.82 Å². The molecule has 0 fully saturated rings. The van der Waals surface area contributed by atoms with Crippen molar-refractivity contribution in [1.82, 2.24) is 20.3 Å². The highest BCUT2D eigenvalue weighted by molar-refractivity contribution is 5.94. The zero-order valence-electron chi connectivity index (χ0n) is 12.6. The summed E-state index contributed by atoms with van der Waals surface area (Å²) < 4.78 is 0. The van der Waals surface area contributed by atoms with Crippen LogP contribution in [-0.4, -0.2) is 27.4 Å². The van der Waals surface area contributed by atoms with E-state index >= 15 is 0 Å². The predicted octanol–water partition coefficient (Wildman–Crippen LogP) is 1.66. The summed E-state index contributed by atoms with van der Waals surface area (Å²) in [6.07, 6.45) is 4.11. The van der Waals surface area contributed by atoms with Gasteiger partial charge in [0, 0.05) is 42.0 Å². The molecule has 0 atom stereocenters. The first-order valence-electron chi connectivity index (χ1n) is 6.91. The molecule has 21 heavy (non-hydrogen) atoms. The van der Waals surface area contributed by atoms with E-state index in [-0.39, 0.29) is 11.3 Å². The maximum atomic E-state index is 12.2. The summed E-state index contributed by atoms with van der Waals surface area (Å²) in [4.78, 5) is 23.6. The number of aromatic amines is 1. The molecule has 2 rings (SSSR count). The maximum absolute atomic E-state index is 12.2. The van der Waals surface area contributed by atoms with Crippen molar-refractivity contribution in [2.45, 2.75) is 32.6 Å². The molecule has 0 spiro atoms. The number of pyridine rings is 1. The molecule has 0 aliphatic heterocycles. The van der Waals surface area contributed by atoms with Gasteiger partial charge in [0.05, 0.1) is 0 Å². The van der Waals surface area contributed by atoms with Gasteiger partial charge in [0.15, 0.2) is 0 Å². The van der Waals surface area contributed by atoms with Crippen molar-refractivity contribution in [2.75, 3.05) is 12.3 Å². The molecule has 0 unspecified atom stereocenters. The van der Waals surface area contributed by atoms with Crippen molar-refractivity contribution >= 4 is 11.7 Å². The van der Waals surface area contributed by atoms with Crippen molar-refractivity contribution < 1.29 is 4.79 Å². The fraction of sp³-hybridized carbons (Fsp3) is 0.400. The van der Waals surface area contributed by atoms with E-state index in [1.54, 1.807) is 24.5 Å². The number of anilines is 1. The lowest BCUT2D eigenvalue weighted by Crippen LogP contribution is -2.27. The number of rotatable bonds is 4. The summed E-state index contributed by atoms with van der Waals surface area (Å²) in [5, 5.41) is 2.86. The molecule has 0 saturated heterocycles. The minimum Gasteiger partial charge on any atom is -0.384 e. The second-order valence-corrected chi connectivity index (χ2v) is 5.96. The van der Waals surface area contributed by atoms with E-state index in [0.717, 1.165) is 11.5 Å². The molecule has 4 N–H and O–H groups in total. The molecule has 0 radical (unpaired) electrons. The standard InChI is InChI=1S/C15H21N5O/c1-15(2,3)11-8-10(9-12(16)20-11)14(21)19-5-4-13-17-6-7-18-13/h6-9H,4-5H2,1-3H3,(H2,16,20)(H,17,18)(H,19,21). The Balaban J connectivity index is 2.03. The SMILES string of the molecule is CC(C)(C)c1cc(C(=O)NCCc2ncc[nH]2)cc(N)n1. The van der Waals surface area contributed by atoms with Gasteiger partial charge in [0.1, 0.15) is 11.6 Å². The van der Waals surface area contributed by atoms with Crippen LogP contribution in [0.1, 0.15) is 42.6 Å². The van der Waals surface area contributed by atoms with Gasteiger partial charge in [-0.15, -0.1) is 0 Å². The van der Waals surface area contributed by atoms with E-state index in [1.807, 2.05) is 20.8 Å². The fourth-order valence-corrected chi connectivity index (χ4v) is 1.90. The van der Waals surface area contributed by atoms with Crippen LogP contribution in [0.2, 0.25) is 0 Å². The predicted molar refractivity (Wildman–Crippen MR) is 82.0 cm³/mol. The number of hydrogen-bond acceptors (Lipinski definition) is 4. The van der Waals surface area contributed by atoms with Gasteiger partial charge in [0.2, 0.25) is 0 Å². The second-order valence-electron chi connectivity index (χ2n) is 5.96. The first-order valence-corrected chi connectivity index (χ1v) is 6.91. The molecule has 2 aromatic heterocycles.